The van der Waals surface area contributed by atoms with Crippen molar-refractivity contribution < 1.29 is 9.53 Å². The fourth-order valence-electron chi connectivity index (χ4n) is 2.04. The van der Waals surface area contributed by atoms with Gasteiger partial charge in [0.15, 0.2) is 0 Å². The van der Waals surface area contributed by atoms with E-state index in [1.807, 2.05) is 29.6 Å². The SMILES string of the molecule is CC(C)(C)c1ccc(OCCNC(=O)Cc2cccs2)cc1. The van der Waals surface area contributed by atoms with E-state index in [9.17, 15) is 4.79 Å². The first kappa shape index (κ1) is 16.6. The Kier molecular flexibility index (Phi) is 5.61. The third kappa shape index (κ3) is 5.19. The highest BCUT2D eigenvalue weighted by Gasteiger charge is 2.12. The molecule has 0 saturated heterocycles. The van der Waals surface area contributed by atoms with E-state index in [1.54, 1.807) is 11.3 Å². The highest BCUT2D eigenvalue weighted by Crippen LogP contribution is 2.24. The third-order valence-electron chi connectivity index (χ3n) is 3.33. The molecule has 2 rings (SSSR count). The number of ether oxygens (including phenoxy) is 1. The van der Waals surface area contributed by atoms with Gasteiger partial charge in [-0.05, 0) is 34.6 Å². The molecule has 0 aliphatic rings. The average molecular weight is 317 g/mol. The number of benzene rings is 1. The normalized spacial score (nSPS) is 11.2. The molecule has 118 valence electrons. The lowest BCUT2D eigenvalue weighted by molar-refractivity contribution is -0.120. The summed E-state index contributed by atoms with van der Waals surface area (Å²) in [5.74, 6) is 0.870. The zero-order valence-electron chi connectivity index (χ0n) is 13.4. The van der Waals surface area contributed by atoms with Crippen molar-refractivity contribution in [3.8, 4) is 5.75 Å². The second-order valence-corrected chi connectivity index (χ2v) is 7.26. The van der Waals surface area contributed by atoms with Gasteiger partial charge >= 0.3 is 0 Å². The van der Waals surface area contributed by atoms with Crippen molar-refractivity contribution in [1.29, 1.82) is 0 Å². The van der Waals surface area contributed by atoms with Gasteiger partial charge in [0, 0.05) is 4.88 Å². The van der Waals surface area contributed by atoms with Gasteiger partial charge in [0.05, 0.1) is 13.0 Å². The molecule has 4 heteroatoms. The fraction of sp³-hybridized carbons (Fsp3) is 0.389. The molecule has 0 fully saturated rings. The lowest BCUT2D eigenvalue weighted by Crippen LogP contribution is -2.29. The van der Waals surface area contributed by atoms with Crippen molar-refractivity contribution in [2.75, 3.05) is 13.2 Å². The number of amides is 1. The zero-order valence-corrected chi connectivity index (χ0v) is 14.2. The number of rotatable bonds is 6. The van der Waals surface area contributed by atoms with Gasteiger partial charge in [0.2, 0.25) is 5.91 Å². The van der Waals surface area contributed by atoms with E-state index in [0.29, 0.717) is 19.6 Å². The van der Waals surface area contributed by atoms with Crippen LogP contribution in [0.15, 0.2) is 41.8 Å². The molecule has 0 atom stereocenters. The molecule has 0 spiro atoms. The maximum Gasteiger partial charge on any atom is 0.225 e. The lowest BCUT2D eigenvalue weighted by Gasteiger charge is -2.19. The van der Waals surface area contributed by atoms with Gasteiger partial charge < -0.3 is 10.1 Å². The summed E-state index contributed by atoms with van der Waals surface area (Å²) in [5.41, 5.74) is 1.43. The minimum absolute atomic E-state index is 0.0362. The minimum atomic E-state index is 0.0362. The van der Waals surface area contributed by atoms with E-state index in [1.165, 1.54) is 5.56 Å². The van der Waals surface area contributed by atoms with Gasteiger partial charge in [-0.15, -0.1) is 11.3 Å². The number of thiophene rings is 1. The van der Waals surface area contributed by atoms with Crippen molar-refractivity contribution in [1.82, 2.24) is 5.32 Å². The van der Waals surface area contributed by atoms with Crippen LogP contribution in [0.2, 0.25) is 0 Å². The Morgan fingerprint density at radius 1 is 1.18 bits per heavy atom. The molecule has 0 aliphatic heterocycles. The second-order valence-electron chi connectivity index (χ2n) is 6.23. The van der Waals surface area contributed by atoms with E-state index in [-0.39, 0.29) is 11.3 Å². The summed E-state index contributed by atoms with van der Waals surface area (Å²) in [6, 6.07) is 12.1. The first-order valence-corrected chi connectivity index (χ1v) is 8.35. The van der Waals surface area contributed by atoms with E-state index >= 15 is 0 Å². The van der Waals surface area contributed by atoms with Gasteiger partial charge in [0.25, 0.3) is 0 Å². The maximum absolute atomic E-state index is 11.7. The maximum atomic E-state index is 11.7. The van der Waals surface area contributed by atoms with Crippen LogP contribution in [0.25, 0.3) is 0 Å². The van der Waals surface area contributed by atoms with Crippen LogP contribution >= 0.6 is 11.3 Å². The van der Waals surface area contributed by atoms with Crippen molar-refractivity contribution in [2.45, 2.75) is 32.6 Å². The number of hydrogen-bond donors (Lipinski definition) is 1. The minimum Gasteiger partial charge on any atom is -0.492 e. The van der Waals surface area contributed by atoms with Crippen molar-refractivity contribution in [3.63, 3.8) is 0 Å². The lowest BCUT2D eigenvalue weighted by atomic mass is 9.87. The molecule has 1 N–H and O–H groups in total. The van der Waals surface area contributed by atoms with E-state index in [2.05, 4.69) is 38.2 Å². The second kappa shape index (κ2) is 7.45. The molecular weight excluding hydrogens is 294 g/mol. The van der Waals surface area contributed by atoms with Crippen molar-refractivity contribution >= 4 is 17.2 Å². The molecule has 1 aromatic carbocycles. The van der Waals surface area contributed by atoms with Crippen LogP contribution in [0, 0.1) is 0 Å². The van der Waals surface area contributed by atoms with Gasteiger partial charge in [-0.25, -0.2) is 0 Å². The summed E-state index contributed by atoms with van der Waals surface area (Å²) in [6.45, 7) is 7.56. The molecule has 0 saturated carbocycles. The molecule has 2 aromatic rings. The largest absolute Gasteiger partial charge is 0.492 e. The van der Waals surface area contributed by atoms with Crippen LogP contribution in [-0.2, 0) is 16.6 Å². The molecular formula is C18H23NO2S. The van der Waals surface area contributed by atoms with Crippen molar-refractivity contribution in [3.05, 3.63) is 52.2 Å². The quantitative estimate of drug-likeness (QED) is 0.823. The van der Waals surface area contributed by atoms with Crippen LogP contribution < -0.4 is 10.1 Å². The van der Waals surface area contributed by atoms with E-state index < -0.39 is 0 Å². The predicted molar refractivity (Wildman–Crippen MR) is 91.7 cm³/mol. The van der Waals surface area contributed by atoms with Crippen LogP contribution in [0.1, 0.15) is 31.2 Å². The smallest absolute Gasteiger partial charge is 0.225 e. The fourth-order valence-corrected chi connectivity index (χ4v) is 2.75. The third-order valence-corrected chi connectivity index (χ3v) is 4.20. The topological polar surface area (TPSA) is 38.3 Å². The molecule has 1 aromatic heterocycles. The highest BCUT2D eigenvalue weighted by molar-refractivity contribution is 7.10. The monoisotopic (exact) mass is 317 g/mol. The zero-order chi connectivity index (χ0) is 16.0. The molecule has 0 aliphatic carbocycles. The predicted octanol–water partition coefficient (Wildman–Crippen LogP) is 3.78. The van der Waals surface area contributed by atoms with Crippen LogP contribution in [0.4, 0.5) is 0 Å². The van der Waals surface area contributed by atoms with Crippen LogP contribution in [0.3, 0.4) is 0 Å². The summed E-state index contributed by atoms with van der Waals surface area (Å²) in [5, 5.41) is 4.85. The summed E-state index contributed by atoms with van der Waals surface area (Å²) < 4.78 is 5.65. The van der Waals surface area contributed by atoms with Crippen molar-refractivity contribution in [2.24, 2.45) is 0 Å². The molecule has 1 amide bonds. The summed E-state index contributed by atoms with van der Waals surface area (Å²) in [4.78, 5) is 12.8. The Bertz CT molecular complexity index is 583. The first-order valence-electron chi connectivity index (χ1n) is 7.47. The Balaban J connectivity index is 1.69. The van der Waals surface area contributed by atoms with Gasteiger partial charge in [0.1, 0.15) is 12.4 Å². The first-order chi connectivity index (χ1) is 10.4. The standard InChI is InChI=1S/C18H23NO2S/c1-18(2,3)14-6-8-15(9-7-14)21-11-10-19-17(20)13-16-5-4-12-22-16/h4-9,12H,10-11,13H2,1-3H3,(H,19,20). The Morgan fingerprint density at radius 2 is 1.91 bits per heavy atom. The molecule has 0 bridgehead atoms. The molecule has 0 radical (unpaired) electrons. The van der Waals surface area contributed by atoms with Gasteiger partial charge in [-0.2, -0.15) is 0 Å². The number of carbonyl (C=O) groups is 1. The highest BCUT2D eigenvalue weighted by atomic mass is 32.1. The molecule has 3 nitrogen and oxygen atoms in total. The molecule has 22 heavy (non-hydrogen) atoms. The number of hydrogen-bond acceptors (Lipinski definition) is 3. The van der Waals surface area contributed by atoms with Gasteiger partial charge in [-0.3, -0.25) is 4.79 Å². The Hall–Kier alpha value is -1.81. The summed E-state index contributed by atoms with van der Waals surface area (Å²) in [6.07, 6.45) is 0.442. The Labute approximate surface area is 136 Å². The molecule has 1 heterocycles. The summed E-state index contributed by atoms with van der Waals surface area (Å²) in [7, 11) is 0. The van der Waals surface area contributed by atoms with Gasteiger partial charge in [-0.1, -0.05) is 39.0 Å². The number of carbonyl (C=O) groups excluding carboxylic acids is 1. The van der Waals surface area contributed by atoms with E-state index in [4.69, 9.17) is 4.74 Å². The number of nitrogens with one attached hydrogen (secondary N) is 1. The van der Waals surface area contributed by atoms with Crippen LogP contribution in [-0.4, -0.2) is 19.1 Å². The van der Waals surface area contributed by atoms with Crippen LogP contribution in [0.5, 0.6) is 5.75 Å². The molecule has 0 unspecified atom stereocenters. The summed E-state index contributed by atoms with van der Waals surface area (Å²) >= 11 is 1.60. The average Bonchev–Trinajstić information content (AvgIpc) is 2.96. The Morgan fingerprint density at radius 3 is 2.50 bits per heavy atom. The van der Waals surface area contributed by atoms with E-state index in [0.717, 1.165) is 10.6 Å².